The number of benzene rings is 1. The average Bonchev–Trinajstić information content (AvgIpc) is 2.90. The molecule has 0 radical (unpaired) electrons. The van der Waals surface area contributed by atoms with Crippen LogP contribution < -0.4 is 4.74 Å². The first-order valence-corrected chi connectivity index (χ1v) is 7.72. The van der Waals surface area contributed by atoms with Crippen molar-refractivity contribution in [2.45, 2.75) is 58.0 Å². The number of hydrogen-bond acceptors (Lipinski definition) is 3. The molecule has 110 valence electrons. The number of rotatable bonds is 8. The zero-order valence-corrected chi connectivity index (χ0v) is 12.3. The van der Waals surface area contributed by atoms with Crippen LogP contribution >= 0.6 is 0 Å². The van der Waals surface area contributed by atoms with E-state index < -0.39 is 0 Å². The van der Waals surface area contributed by atoms with Crippen molar-refractivity contribution in [1.29, 1.82) is 0 Å². The summed E-state index contributed by atoms with van der Waals surface area (Å²) < 4.78 is 11.0. The molecule has 0 aromatic heterocycles. The molecule has 1 unspecified atom stereocenters. The molecule has 0 saturated carbocycles. The highest BCUT2D eigenvalue weighted by Crippen LogP contribution is 2.30. The quantitative estimate of drug-likeness (QED) is 0.521. The second-order valence-corrected chi connectivity index (χ2v) is 5.35. The molecule has 1 aliphatic heterocycles. The molecule has 20 heavy (non-hydrogen) atoms. The van der Waals surface area contributed by atoms with Crippen molar-refractivity contribution >= 4 is 5.97 Å². The second-order valence-electron chi connectivity index (χ2n) is 5.35. The van der Waals surface area contributed by atoms with Crippen LogP contribution in [-0.2, 0) is 9.53 Å². The number of cyclic esters (lactones) is 1. The summed E-state index contributed by atoms with van der Waals surface area (Å²) in [6.07, 6.45) is 7.49. The predicted molar refractivity (Wildman–Crippen MR) is 78.8 cm³/mol. The molecule has 0 aliphatic carbocycles. The topological polar surface area (TPSA) is 35.5 Å². The molecule has 0 N–H and O–H groups in total. The lowest BCUT2D eigenvalue weighted by molar-refractivity contribution is -0.141. The van der Waals surface area contributed by atoms with E-state index >= 15 is 0 Å². The van der Waals surface area contributed by atoms with Crippen molar-refractivity contribution in [2.75, 3.05) is 6.61 Å². The minimum Gasteiger partial charge on any atom is -0.494 e. The van der Waals surface area contributed by atoms with Crippen molar-refractivity contribution in [3.63, 3.8) is 0 Å². The molecule has 0 spiro atoms. The molecule has 1 atom stereocenters. The highest BCUT2D eigenvalue weighted by molar-refractivity contribution is 5.71. The maximum Gasteiger partial charge on any atom is 0.306 e. The Bertz CT molecular complexity index is 411. The smallest absolute Gasteiger partial charge is 0.306 e. The van der Waals surface area contributed by atoms with E-state index in [1.807, 2.05) is 24.3 Å². The fourth-order valence-electron chi connectivity index (χ4n) is 2.43. The molecular weight excluding hydrogens is 252 g/mol. The number of esters is 1. The lowest BCUT2D eigenvalue weighted by Crippen LogP contribution is -2.00. The van der Waals surface area contributed by atoms with Crippen LogP contribution in [0.3, 0.4) is 0 Å². The second kappa shape index (κ2) is 7.93. The minimum atomic E-state index is -0.0950. The van der Waals surface area contributed by atoms with Gasteiger partial charge in [0, 0.05) is 6.42 Å². The Labute approximate surface area is 121 Å². The van der Waals surface area contributed by atoms with E-state index in [4.69, 9.17) is 9.47 Å². The van der Waals surface area contributed by atoms with Crippen LogP contribution in [0.4, 0.5) is 0 Å². The molecular formula is C17H24O3. The van der Waals surface area contributed by atoms with Gasteiger partial charge in [0.2, 0.25) is 0 Å². The van der Waals surface area contributed by atoms with E-state index in [0.29, 0.717) is 6.42 Å². The summed E-state index contributed by atoms with van der Waals surface area (Å²) in [7, 11) is 0. The van der Waals surface area contributed by atoms with Gasteiger partial charge in [0.15, 0.2) is 0 Å². The molecule has 1 saturated heterocycles. The maximum absolute atomic E-state index is 11.1. The van der Waals surface area contributed by atoms with Gasteiger partial charge < -0.3 is 9.47 Å². The van der Waals surface area contributed by atoms with Crippen LogP contribution in [0.15, 0.2) is 24.3 Å². The van der Waals surface area contributed by atoms with Crippen molar-refractivity contribution in [3.05, 3.63) is 29.8 Å². The van der Waals surface area contributed by atoms with Gasteiger partial charge in [-0.2, -0.15) is 0 Å². The van der Waals surface area contributed by atoms with Gasteiger partial charge in [-0.05, 0) is 30.5 Å². The van der Waals surface area contributed by atoms with Crippen LogP contribution in [0.25, 0.3) is 0 Å². The Morgan fingerprint density at radius 1 is 1.15 bits per heavy atom. The van der Waals surface area contributed by atoms with Gasteiger partial charge in [-0.3, -0.25) is 4.79 Å². The number of ether oxygens (including phenoxy) is 2. The maximum atomic E-state index is 11.1. The normalized spacial score (nSPS) is 18.1. The first kappa shape index (κ1) is 14.9. The van der Waals surface area contributed by atoms with Crippen LogP contribution in [0.2, 0.25) is 0 Å². The molecule has 1 heterocycles. The summed E-state index contributed by atoms with van der Waals surface area (Å²) in [5, 5.41) is 0. The molecule has 1 aromatic rings. The summed E-state index contributed by atoms with van der Waals surface area (Å²) in [5.41, 5.74) is 1.06. The highest BCUT2D eigenvalue weighted by atomic mass is 16.5. The van der Waals surface area contributed by atoms with Gasteiger partial charge >= 0.3 is 5.97 Å². The van der Waals surface area contributed by atoms with E-state index in [9.17, 15) is 4.79 Å². The third-order valence-corrected chi connectivity index (χ3v) is 3.65. The number of carbonyl (C=O) groups is 1. The summed E-state index contributed by atoms with van der Waals surface area (Å²) in [4.78, 5) is 11.1. The Morgan fingerprint density at radius 3 is 2.55 bits per heavy atom. The predicted octanol–water partition coefficient (Wildman–Crippen LogP) is 4.41. The van der Waals surface area contributed by atoms with Gasteiger partial charge in [0.05, 0.1) is 6.61 Å². The minimum absolute atomic E-state index is 0.0643. The zero-order chi connectivity index (χ0) is 14.2. The summed E-state index contributed by atoms with van der Waals surface area (Å²) >= 11 is 0. The molecule has 0 amide bonds. The van der Waals surface area contributed by atoms with Gasteiger partial charge in [0.1, 0.15) is 11.9 Å². The standard InChI is InChI=1S/C17H24O3/c1-2-3-4-5-6-13-19-15-9-7-14(8-10-15)16-11-12-17(18)20-16/h7-10,16H,2-6,11-13H2,1H3. The monoisotopic (exact) mass is 276 g/mol. The van der Waals surface area contributed by atoms with Gasteiger partial charge in [0.25, 0.3) is 0 Å². The molecule has 0 bridgehead atoms. The Balaban J connectivity index is 1.70. The average molecular weight is 276 g/mol. The molecule has 3 nitrogen and oxygen atoms in total. The van der Waals surface area contributed by atoms with E-state index in [-0.39, 0.29) is 12.1 Å². The van der Waals surface area contributed by atoms with Crippen molar-refractivity contribution in [1.82, 2.24) is 0 Å². The molecule has 1 aliphatic rings. The van der Waals surface area contributed by atoms with E-state index in [2.05, 4.69) is 6.92 Å². The first-order chi connectivity index (χ1) is 9.79. The Hall–Kier alpha value is -1.51. The lowest BCUT2D eigenvalue weighted by Gasteiger charge is -2.11. The SMILES string of the molecule is CCCCCCCOc1ccc(C2CCC(=O)O2)cc1. The van der Waals surface area contributed by atoms with Crippen molar-refractivity contribution in [3.8, 4) is 5.75 Å². The van der Waals surface area contributed by atoms with Crippen molar-refractivity contribution < 1.29 is 14.3 Å². The fraction of sp³-hybridized carbons (Fsp3) is 0.588. The number of carbonyl (C=O) groups excluding carboxylic acids is 1. The number of hydrogen-bond donors (Lipinski definition) is 0. The Morgan fingerprint density at radius 2 is 1.90 bits per heavy atom. The Kier molecular flexibility index (Phi) is 5.90. The summed E-state index contributed by atoms with van der Waals surface area (Å²) in [6, 6.07) is 7.92. The van der Waals surface area contributed by atoms with Crippen LogP contribution in [0.1, 0.15) is 63.5 Å². The molecule has 1 aromatic carbocycles. The van der Waals surface area contributed by atoms with E-state index in [0.717, 1.165) is 30.8 Å². The number of unbranched alkanes of at least 4 members (excludes halogenated alkanes) is 4. The zero-order valence-electron chi connectivity index (χ0n) is 12.3. The van der Waals surface area contributed by atoms with Gasteiger partial charge in [-0.1, -0.05) is 44.7 Å². The highest BCUT2D eigenvalue weighted by Gasteiger charge is 2.24. The van der Waals surface area contributed by atoms with E-state index in [1.165, 1.54) is 25.7 Å². The third kappa shape index (κ3) is 4.55. The lowest BCUT2D eigenvalue weighted by atomic mass is 10.1. The van der Waals surface area contributed by atoms with Crippen LogP contribution in [0.5, 0.6) is 5.75 Å². The molecule has 3 heteroatoms. The molecule has 2 rings (SSSR count). The summed E-state index contributed by atoms with van der Waals surface area (Å²) in [5.74, 6) is 0.802. The van der Waals surface area contributed by atoms with E-state index in [1.54, 1.807) is 0 Å². The van der Waals surface area contributed by atoms with Gasteiger partial charge in [-0.15, -0.1) is 0 Å². The van der Waals surface area contributed by atoms with Crippen molar-refractivity contribution in [2.24, 2.45) is 0 Å². The molecule has 1 fully saturated rings. The van der Waals surface area contributed by atoms with Crippen LogP contribution in [-0.4, -0.2) is 12.6 Å². The summed E-state index contributed by atoms with van der Waals surface area (Å²) in [6.45, 7) is 3.00. The van der Waals surface area contributed by atoms with Crippen LogP contribution in [0, 0.1) is 0 Å². The van der Waals surface area contributed by atoms with Gasteiger partial charge in [-0.25, -0.2) is 0 Å². The largest absolute Gasteiger partial charge is 0.494 e. The third-order valence-electron chi connectivity index (χ3n) is 3.65. The first-order valence-electron chi connectivity index (χ1n) is 7.72. The fourth-order valence-corrected chi connectivity index (χ4v) is 2.43.